The summed E-state index contributed by atoms with van der Waals surface area (Å²) in [6.45, 7) is 0. The van der Waals surface area contributed by atoms with Crippen molar-refractivity contribution in [2.45, 2.75) is 0 Å². The fraction of sp³-hybridized carbons (Fsp3) is 0. The lowest BCUT2D eigenvalue weighted by molar-refractivity contribution is -0.384. The van der Waals surface area contributed by atoms with Crippen molar-refractivity contribution >= 4 is 48.5 Å². The molecule has 4 rings (SSSR count). The average Bonchev–Trinajstić information content (AvgIpc) is 2.70. The van der Waals surface area contributed by atoms with Gasteiger partial charge >= 0.3 is 0 Å². The first-order chi connectivity index (χ1) is 13.5. The summed E-state index contributed by atoms with van der Waals surface area (Å²) in [4.78, 5) is 28.5. The Morgan fingerprint density at radius 1 is 0.964 bits per heavy atom. The van der Waals surface area contributed by atoms with Crippen molar-refractivity contribution in [2.75, 3.05) is 0 Å². The molecule has 138 valence electrons. The summed E-state index contributed by atoms with van der Waals surface area (Å²) in [7, 11) is 0. The monoisotopic (exact) mass is 499 g/mol. The first-order valence-corrected chi connectivity index (χ1v) is 9.76. The molecule has 8 heteroatoms. The highest BCUT2D eigenvalue weighted by molar-refractivity contribution is 9.11. The van der Waals surface area contributed by atoms with Crippen molar-refractivity contribution in [3.8, 4) is 17.1 Å². The molecule has 4 aromatic rings. The maximum Gasteiger partial charge on any atom is 0.269 e. The number of nitro groups is 1. The molecule has 0 aliphatic heterocycles. The van der Waals surface area contributed by atoms with E-state index in [1.807, 2.05) is 24.3 Å². The number of halogens is 2. The highest BCUT2D eigenvalue weighted by Gasteiger charge is 2.17. The molecule has 1 aromatic heterocycles. The van der Waals surface area contributed by atoms with Gasteiger partial charge in [-0.25, -0.2) is 4.98 Å². The van der Waals surface area contributed by atoms with Crippen LogP contribution in [0.25, 0.3) is 28.0 Å². The SMILES string of the molecule is O=c1c2ccccc2nc(-c2ccc([N+](=O)[O-])cc2)n1-c1cc(Br)ccc1Br. The standard InChI is InChI=1S/C20H11Br2N3O3/c21-13-7-10-16(22)18(11-13)24-19(12-5-8-14(9-6-12)25(27)28)23-17-4-2-1-3-15(17)20(24)26/h1-11H. The highest BCUT2D eigenvalue weighted by atomic mass is 79.9. The van der Waals surface area contributed by atoms with Crippen LogP contribution in [0.2, 0.25) is 0 Å². The van der Waals surface area contributed by atoms with Crippen LogP contribution < -0.4 is 5.56 Å². The number of hydrogen-bond donors (Lipinski definition) is 0. The summed E-state index contributed by atoms with van der Waals surface area (Å²) in [5.41, 5.74) is 1.52. The van der Waals surface area contributed by atoms with Crippen molar-refractivity contribution in [3.05, 3.63) is 96.1 Å². The molecule has 0 amide bonds. The van der Waals surface area contributed by atoms with E-state index in [0.29, 0.717) is 28.0 Å². The van der Waals surface area contributed by atoms with E-state index in [1.165, 1.54) is 16.7 Å². The summed E-state index contributed by atoms with van der Waals surface area (Å²) >= 11 is 6.95. The summed E-state index contributed by atoms with van der Waals surface area (Å²) in [5.74, 6) is 0.400. The first-order valence-electron chi connectivity index (χ1n) is 8.18. The van der Waals surface area contributed by atoms with Crippen molar-refractivity contribution in [2.24, 2.45) is 0 Å². The first kappa shape index (κ1) is 18.5. The Labute approximate surface area is 175 Å². The number of nitrogens with zero attached hydrogens (tertiary/aromatic N) is 3. The lowest BCUT2D eigenvalue weighted by Crippen LogP contribution is -2.22. The van der Waals surface area contributed by atoms with Gasteiger partial charge in [-0.1, -0.05) is 28.1 Å². The maximum atomic E-state index is 13.3. The van der Waals surface area contributed by atoms with Crippen LogP contribution in [0.3, 0.4) is 0 Å². The van der Waals surface area contributed by atoms with Crippen LogP contribution in [0, 0.1) is 10.1 Å². The van der Waals surface area contributed by atoms with E-state index in [0.717, 1.165) is 8.95 Å². The van der Waals surface area contributed by atoms with Gasteiger partial charge in [0.2, 0.25) is 0 Å². The van der Waals surface area contributed by atoms with Crippen LogP contribution in [-0.2, 0) is 0 Å². The normalized spacial score (nSPS) is 10.9. The molecule has 0 saturated carbocycles. The Kier molecular flexibility index (Phi) is 4.82. The Bertz CT molecular complexity index is 1280. The number of nitro benzene ring substituents is 1. The molecule has 28 heavy (non-hydrogen) atoms. The minimum absolute atomic E-state index is 0.0259. The van der Waals surface area contributed by atoms with E-state index >= 15 is 0 Å². The van der Waals surface area contributed by atoms with Crippen LogP contribution in [0.15, 0.2) is 80.5 Å². The second-order valence-electron chi connectivity index (χ2n) is 5.99. The number of para-hydroxylation sites is 1. The molecular weight excluding hydrogens is 490 g/mol. The number of fused-ring (bicyclic) bond motifs is 1. The number of non-ortho nitro benzene ring substituents is 1. The van der Waals surface area contributed by atoms with E-state index in [1.54, 1.807) is 30.3 Å². The number of rotatable bonds is 3. The molecule has 0 aliphatic carbocycles. The molecule has 0 atom stereocenters. The zero-order valence-electron chi connectivity index (χ0n) is 14.2. The van der Waals surface area contributed by atoms with Gasteiger partial charge in [0.1, 0.15) is 5.82 Å². The molecule has 0 bridgehead atoms. The quantitative estimate of drug-likeness (QED) is 0.275. The zero-order chi connectivity index (χ0) is 19.8. The molecule has 0 N–H and O–H groups in total. The maximum absolute atomic E-state index is 13.3. The predicted octanol–water partition coefficient (Wildman–Crippen LogP) is 5.49. The van der Waals surface area contributed by atoms with Crippen LogP contribution in [0.4, 0.5) is 5.69 Å². The third-order valence-electron chi connectivity index (χ3n) is 4.26. The number of aromatic nitrogens is 2. The van der Waals surface area contributed by atoms with E-state index in [-0.39, 0.29) is 11.2 Å². The number of benzene rings is 3. The van der Waals surface area contributed by atoms with Crippen LogP contribution in [0.1, 0.15) is 0 Å². The molecule has 0 aliphatic rings. The highest BCUT2D eigenvalue weighted by Crippen LogP contribution is 2.29. The van der Waals surface area contributed by atoms with Gasteiger partial charge < -0.3 is 0 Å². The second kappa shape index (κ2) is 7.29. The minimum atomic E-state index is -0.463. The van der Waals surface area contributed by atoms with E-state index in [2.05, 4.69) is 36.8 Å². The topological polar surface area (TPSA) is 78.0 Å². The lowest BCUT2D eigenvalue weighted by atomic mass is 10.1. The summed E-state index contributed by atoms with van der Waals surface area (Å²) in [5, 5.41) is 11.5. The van der Waals surface area contributed by atoms with Gasteiger partial charge in [0.25, 0.3) is 11.2 Å². The van der Waals surface area contributed by atoms with Gasteiger partial charge in [0.15, 0.2) is 0 Å². The van der Waals surface area contributed by atoms with Crippen molar-refractivity contribution < 1.29 is 4.92 Å². The number of hydrogen-bond acceptors (Lipinski definition) is 4. The predicted molar refractivity (Wildman–Crippen MR) is 115 cm³/mol. The van der Waals surface area contributed by atoms with E-state index in [4.69, 9.17) is 0 Å². The lowest BCUT2D eigenvalue weighted by Gasteiger charge is -2.15. The Morgan fingerprint density at radius 3 is 2.39 bits per heavy atom. The van der Waals surface area contributed by atoms with Crippen LogP contribution >= 0.6 is 31.9 Å². The van der Waals surface area contributed by atoms with E-state index in [9.17, 15) is 14.9 Å². The van der Waals surface area contributed by atoms with Crippen LogP contribution in [0.5, 0.6) is 0 Å². The molecule has 3 aromatic carbocycles. The van der Waals surface area contributed by atoms with Crippen molar-refractivity contribution in [1.82, 2.24) is 9.55 Å². The van der Waals surface area contributed by atoms with Crippen LogP contribution in [-0.4, -0.2) is 14.5 Å². The third-order valence-corrected chi connectivity index (χ3v) is 5.42. The largest absolute Gasteiger partial charge is 0.269 e. The Morgan fingerprint density at radius 2 is 1.68 bits per heavy atom. The zero-order valence-corrected chi connectivity index (χ0v) is 17.3. The van der Waals surface area contributed by atoms with Gasteiger partial charge in [-0.15, -0.1) is 0 Å². The molecule has 0 spiro atoms. The Balaban J connectivity index is 2.08. The summed E-state index contributed by atoms with van der Waals surface area (Å²) < 4.78 is 3.04. The average molecular weight is 501 g/mol. The van der Waals surface area contributed by atoms with Crippen molar-refractivity contribution in [1.29, 1.82) is 0 Å². The molecule has 0 saturated heterocycles. The third kappa shape index (κ3) is 3.25. The Hall–Kier alpha value is -2.84. The second-order valence-corrected chi connectivity index (χ2v) is 7.76. The van der Waals surface area contributed by atoms with Gasteiger partial charge in [-0.05, 0) is 58.4 Å². The summed E-state index contributed by atoms with van der Waals surface area (Å²) in [6.07, 6.45) is 0. The molecular formula is C20H11Br2N3O3. The van der Waals surface area contributed by atoms with Gasteiger partial charge in [-0.3, -0.25) is 19.5 Å². The molecule has 6 nitrogen and oxygen atoms in total. The molecule has 0 unspecified atom stereocenters. The van der Waals surface area contributed by atoms with Gasteiger partial charge in [0.05, 0.1) is 21.5 Å². The van der Waals surface area contributed by atoms with E-state index < -0.39 is 4.92 Å². The molecule has 0 radical (unpaired) electrons. The molecule has 1 heterocycles. The van der Waals surface area contributed by atoms with Crippen molar-refractivity contribution in [3.63, 3.8) is 0 Å². The summed E-state index contributed by atoms with van der Waals surface area (Å²) in [6, 6.07) is 18.6. The fourth-order valence-corrected chi connectivity index (χ4v) is 3.71. The smallest absolute Gasteiger partial charge is 0.268 e. The van der Waals surface area contributed by atoms with Gasteiger partial charge in [-0.2, -0.15) is 0 Å². The minimum Gasteiger partial charge on any atom is -0.268 e. The van der Waals surface area contributed by atoms with Gasteiger partial charge in [0, 0.05) is 26.6 Å². The molecule has 0 fully saturated rings. The fourth-order valence-electron chi connectivity index (χ4n) is 2.94.